The van der Waals surface area contributed by atoms with Gasteiger partial charge in [-0.15, -0.1) is 0 Å². The predicted octanol–water partition coefficient (Wildman–Crippen LogP) is 3.44. The Balaban J connectivity index is 1.40. The molecule has 0 bridgehead atoms. The number of nitrogens with zero attached hydrogens (tertiary/aromatic N) is 3. The van der Waals surface area contributed by atoms with E-state index in [9.17, 15) is 4.79 Å². The minimum absolute atomic E-state index is 0.135. The number of hydrogen-bond acceptors (Lipinski definition) is 3. The average molecular weight is 334 g/mol. The predicted molar refractivity (Wildman–Crippen MR) is 97.6 cm³/mol. The van der Waals surface area contributed by atoms with Crippen LogP contribution in [0, 0.1) is 6.92 Å². The zero-order valence-corrected chi connectivity index (χ0v) is 14.4. The van der Waals surface area contributed by atoms with Gasteiger partial charge in [0.25, 0.3) is 5.91 Å². The molecule has 5 nitrogen and oxygen atoms in total. The smallest absolute Gasteiger partial charge is 0.269 e. The third-order valence-electron chi connectivity index (χ3n) is 4.96. The minimum atomic E-state index is -0.135. The lowest BCUT2D eigenvalue weighted by Gasteiger charge is -2.29. The molecule has 1 aliphatic carbocycles. The molecule has 1 amide bonds. The van der Waals surface area contributed by atoms with Gasteiger partial charge in [-0.3, -0.25) is 4.79 Å². The second kappa shape index (κ2) is 6.67. The first-order valence-electron chi connectivity index (χ1n) is 8.89. The fourth-order valence-electron chi connectivity index (χ4n) is 3.40. The number of benzene rings is 1. The van der Waals surface area contributed by atoms with Gasteiger partial charge in [-0.05, 0) is 38.3 Å². The number of aryl methyl sites for hydroxylation is 1. The van der Waals surface area contributed by atoms with Gasteiger partial charge in [-0.25, -0.2) is 9.97 Å². The van der Waals surface area contributed by atoms with Gasteiger partial charge in [0, 0.05) is 36.3 Å². The largest absolute Gasteiger partial charge is 0.350 e. The molecule has 1 N–H and O–H groups in total. The number of pyridine rings is 1. The summed E-state index contributed by atoms with van der Waals surface area (Å²) in [7, 11) is 0. The van der Waals surface area contributed by atoms with Crippen LogP contribution in [0.25, 0.3) is 10.9 Å². The lowest BCUT2D eigenvalue weighted by Crippen LogP contribution is -2.28. The van der Waals surface area contributed by atoms with E-state index in [0.29, 0.717) is 18.3 Å². The summed E-state index contributed by atoms with van der Waals surface area (Å²) in [4.78, 5) is 21.3. The lowest BCUT2D eigenvalue weighted by molar-refractivity contribution is 0.0949. The van der Waals surface area contributed by atoms with Crippen LogP contribution >= 0.6 is 0 Å². The van der Waals surface area contributed by atoms with Crippen LogP contribution in [0.3, 0.4) is 0 Å². The number of carbonyl (C=O) groups is 1. The number of nitrogens with one attached hydrogen (secondary N) is 1. The highest BCUT2D eigenvalue weighted by Crippen LogP contribution is 2.33. The molecule has 1 aliphatic rings. The molecule has 0 spiro atoms. The quantitative estimate of drug-likeness (QED) is 0.777. The first kappa shape index (κ1) is 15.8. The van der Waals surface area contributed by atoms with Crippen molar-refractivity contribution in [2.75, 3.05) is 6.54 Å². The summed E-state index contributed by atoms with van der Waals surface area (Å²) >= 11 is 0. The molecule has 0 saturated heterocycles. The number of rotatable bonds is 5. The van der Waals surface area contributed by atoms with Crippen molar-refractivity contribution < 1.29 is 4.79 Å². The van der Waals surface area contributed by atoms with Crippen LogP contribution in [0.2, 0.25) is 0 Å². The van der Waals surface area contributed by atoms with Crippen LogP contribution in [-0.4, -0.2) is 27.0 Å². The molecule has 0 radical (unpaired) electrons. The molecule has 128 valence electrons. The Morgan fingerprint density at radius 3 is 2.88 bits per heavy atom. The average Bonchev–Trinajstić information content (AvgIpc) is 2.94. The fourth-order valence-corrected chi connectivity index (χ4v) is 3.40. The van der Waals surface area contributed by atoms with E-state index in [-0.39, 0.29) is 5.91 Å². The summed E-state index contributed by atoms with van der Waals surface area (Å²) in [5.74, 6) is 0.929. The van der Waals surface area contributed by atoms with Crippen LogP contribution in [0.5, 0.6) is 0 Å². The maximum atomic E-state index is 12.4. The fraction of sp³-hybridized carbons (Fsp3) is 0.350. The SMILES string of the molecule is Cc1cnc(CCNC(=O)c2ccc3ccccc3n2)n1C1CCC1. The second-order valence-electron chi connectivity index (χ2n) is 6.67. The van der Waals surface area contributed by atoms with Crippen molar-refractivity contribution in [3.63, 3.8) is 0 Å². The van der Waals surface area contributed by atoms with Crippen molar-refractivity contribution in [3.05, 3.63) is 59.8 Å². The number of fused-ring (bicyclic) bond motifs is 1. The van der Waals surface area contributed by atoms with Crippen LogP contribution in [0.4, 0.5) is 0 Å². The molecular weight excluding hydrogens is 312 g/mol. The van der Waals surface area contributed by atoms with Gasteiger partial charge in [0.2, 0.25) is 0 Å². The van der Waals surface area contributed by atoms with Crippen molar-refractivity contribution >= 4 is 16.8 Å². The lowest BCUT2D eigenvalue weighted by atomic mass is 9.92. The van der Waals surface area contributed by atoms with Crippen molar-refractivity contribution in [2.45, 2.75) is 38.6 Å². The first-order valence-corrected chi connectivity index (χ1v) is 8.89. The normalized spacial score (nSPS) is 14.4. The van der Waals surface area contributed by atoms with E-state index in [1.54, 1.807) is 6.07 Å². The molecule has 1 fully saturated rings. The monoisotopic (exact) mass is 334 g/mol. The van der Waals surface area contributed by atoms with E-state index < -0.39 is 0 Å². The number of imidazole rings is 1. The maximum Gasteiger partial charge on any atom is 0.269 e. The van der Waals surface area contributed by atoms with Crippen LogP contribution in [0.1, 0.15) is 47.3 Å². The topological polar surface area (TPSA) is 59.8 Å². The Morgan fingerprint density at radius 2 is 2.08 bits per heavy atom. The van der Waals surface area contributed by atoms with Gasteiger partial charge in [0.15, 0.2) is 0 Å². The third-order valence-corrected chi connectivity index (χ3v) is 4.96. The summed E-state index contributed by atoms with van der Waals surface area (Å²) in [6.07, 6.45) is 6.44. The van der Waals surface area contributed by atoms with E-state index in [4.69, 9.17) is 0 Å². The number of aromatic nitrogens is 3. The number of amides is 1. The molecule has 0 atom stereocenters. The van der Waals surface area contributed by atoms with Crippen LogP contribution < -0.4 is 5.32 Å². The van der Waals surface area contributed by atoms with Gasteiger partial charge in [0.1, 0.15) is 11.5 Å². The van der Waals surface area contributed by atoms with Crippen molar-refractivity contribution in [1.29, 1.82) is 0 Å². The number of para-hydroxylation sites is 1. The maximum absolute atomic E-state index is 12.4. The van der Waals surface area contributed by atoms with Crippen LogP contribution in [-0.2, 0) is 6.42 Å². The molecule has 2 aromatic heterocycles. The van der Waals surface area contributed by atoms with E-state index >= 15 is 0 Å². The first-order chi connectivity index (χ1) is 12.2. The zero-order valence-electron chi connectivity index (χ0n) is 14.4. The Labute approximate surface area is 147 Å². The second-order valence-corrected chi connectivity index (χ2v) is 6.67. The van der Waals surface area contributed by atoms with E-state index in [1.807, 2.05) is 36.5 Å². The van der Waals surface area contributed by atoms with Crippen molar-refractivity contribution in [1.82, 2.24) is 19.9 Å². The van der Waals surface area contributed by atoms with Gasteiger partial charge in [0.05, 0.1) is 5.52 Å². The summed E-state index contributed by atoms with van der Waals surface area (Å²) in [5, 5.41) is 4.01. The molecule has 0 unspecified atom stereocenters. The Morgan fingerprint density at radius 1 is 1.24 bits per heavy atom. The van der Waals surface area contributed by atoms with E-state index in [1.165, 1.54) is 25.0 Å². The Hall–Kier alpha value is -2.69. The molecule has 2 heterocycles. The summed E-state index contributed by atoms with van der Waals surface area (Å²) < 4.78 is 2.34. The molecule has 0 aliphatic heterocycles. The Bertz CT molecular complexity index is 911. The molecule has 5 heteroatoms. The zero-order chi connectivity index (χ0) is 17.2. The van der Waals surface area contributed by atoms with Crippen LogP contribution in [0.15, 0.2) is 42.6 Å². The highest BCUT2D eigenvalue weighted by molar-refractivity contribution is 5.94. The summed E-state index contributed by atoms with van der Waals surface area (Å²) in [5.41, 5.74) is 2.51. The molecular formula is C20H22N4O. The van der Waals surface area contributed by atoms with Crippen molar-refractivity contribution in [2.24, 2.45) is 0 Å². The Kier molecular flexibility index (Phi) is 4.22. The molecule has 1 aromatic carbocycles. The van der Waals surface area contributed by atoms with Crippen molar-refractivity contribution in [3.8, 4) is 0 Å². The minimum Gasteiger partial charge on any atom is -0.350 e. The highest BCUT2D eigenvalue weighted by Gasteiger charge is 2.23. The van der Waals surface area contributed by atoms with Gasteiger partial charge in [-0.2, -0.15) is 0 Å². The molecule has 1 saturated carbocycles. The van der Waals surface area contributed by atoms with E-state index in [0.717, 1.165) is 23.1 Å². The highest BCUT2D eigenvalue weighted by atomic mass is 16.1. The summed E-state index contributed by atoms with van der Waals surface area (Å²) in [6.45, 7) is 2.67. The van der Waals surface area contributed by atoms with Gasteiger partial charge < -0.3 is 9.88 Å². The molecule has 3 aromatic rings. The number of hydrogen-bond donors (Lipinski definition) is 1. The standard InChI is InChI=1S/C20H22N4O/c1-14-13-22-19(24(14)16-6-4-7-16)11-12-21-20(25)18-10-9-15-5-2-3-8-17(15)23-18/h2-3,5,8-10,13,16H,4,6-7,11-12H2,1H3,(H,21,25). The number of carbonyl (C=O) groups excluding carboxylic acids is 1. The van der Waals surface area contributed by atoms with E-state index in [2.05, 4.69) is 26.8 Å². The summed E-state index contributed by atoms with van der Waals surface area (Å²) in [6, 6.07) is 12.1. The van der Waals surface area contributed by atoms with Gasteiger partial charge >= 0.3 is 0 Å². The van der Waals surface area contributed by atoms with Gasteiger partial charge in [-0.1, -0.05) is 24.3 Å². The third kappa shape index (κ3) is 3.14. The molecule has 25 heavy (non-hydrogen) atoms. The molecule has 4 rings (SSSR count).